The summed E-state index contributed by atoms with van der Waals surface area (Å²) < 4.78 is 1.06. The van der Waals surface area contributed by atoms with Gasteiger partial charge in [-0.1, -0.05) is 47.3 Å². The molecule has 1 N–H and O–H groups in total. The summed E-state index contributed by atoms with van der Waals surface area (Å²) in [5.74, 6) is 0.738. The highest BCUT2D eigenvalue weighted by atomic mass is 79.9. The van der Waals surface area contributed by atoms with E-state index in [2.05, 4.69) is 21.2 Å². The zero-order valence-corrected chi connectivity index (χ0v) is 14.3. The third-order valence-electron chi connectivity index (χ3n) is 3.75. The molecule has 0 heterocycles. The summed E-state index contributed by atoms with van der Waals surface area (Å²) >= 11 is 5.25. The van der Waals surface area contributed by atoms with Gasteiger partial charge < -0.3 is 5.32 Å². The summed E-state index contributed by atoms with van der Waals surface area (Å²) in [5, 5.41) is 3.77. The largest absolute Gasteiger partial charge is 0.349 e. The number of thioether (sulfide) groups is 1. The summed E-state index contributed by atoms with van der Waals surface area (Å²) in [6, 6.07) is 8.18. The van der Waals surface area contributed by atoms with E-state index in [-0.39, 0.29) is 11.9 Å². The average molecular weight is 356 g/mol. The predicted octanol–water partition coefficient (Wildman–Crippen LogP) is 4.69. The van der Waals surface area contributed by atoms with Crippen molar-refractivity contribution in [2.75, 3.05) is 5.75 Å². The number of rotatable bonds is 5. The molecular formula is C16H22BrNOS. The van der Waals surface area contributed by atoms with E-state index in [0.29, 0.717) is 11.0 Å². The first-order valence-corrected chi connectivity index (χ1v) is 9.16. The highest BCUT2D eigenvalue weighted by Crippen LogP contribution is 2.28. The van der Waals surface area contributed by atoms with Crippen molar-refractivity contribution >= 4 is 33.6 Å². The maximum absolute atomic E-state index is 12.0. The molecule has 1 amide bonds. The second kappa shape index (κ2) is 8.08. The van der Waals surface area contributed by atoms with Crippen LogP contribution in [0.3, 0.4) is 0 Å². The standard InChI is InChI=1S/C16H22BrNOS/c1-12(13-7-9-14(17)10-8-13)18-16(19)11-20-15-5-3-2-4-6-15/h7-10,12,15H,2-6,11H2,1H3,(H,18,19)/t12-/m1/s1. The van der Waals surface area contributed by atoms with Crippen molar-refractivity contribution < 1.29 is 4.79 Å². The molecule has 110 valence electrons. The molecule has 2 rings (SSSR count). The topological polar surface area (TPSA) is 29.1 Å². The van der Waals surface area contributed by atoms with Gasteiger partial charge in [-0.3, -0.25) is 4.79 Å². The fourth-order valence-corrected chi connectivity index (χ4v) is 3.94. The van der Waals surface area contributed by atoms with Crippen molar-refractivity contribution in [1.29, 1.82) is 0 Å². The molecule has 0 unspecified atom stereocenters. The van der Waals surface area contributed by atoms with Crippen molar-refractivity contribution in [2.24, 2.45) is 0 Å². The first-order valence-electron chi connectivity index (χ1n) is 7.31. The van der Waals surface area contributed by atoms with Crippen LogP contribution in [0.15, 0.2) is 28.7 Å². The highest BCUT2D eigenvalue weighted by Gasteiger charge is 2.16. The molecule has 1 aromatic rings. The third-order valence-corrected chi connectivity index (χ3v) is 5.65. The van der Waals surface area contributed by atoms with Crippen LogP contribution in [0.5, 0.6) is 0 Å². The summed E-state index contributed by atoms with van der Waals surface area (Å²) in [6.07, 6.45) is 6.58. The normalized spacial score (nSPS) is 17.7. The third kappa shape index (κ3) is 5.13. The lowest BCUT2D eigenvalue weighted by Crippen LogP contribution is -2.29. The van der Waals surface area contributed by atoms with Crippen molar-refractivity contribution in [1.82, 2.24) is 5.32 Å². The Kier molecular flexibility index (Phi) is 6.43. The van der Waals surface area contributed by atoms with Crippen LogP contribution in [0.1, 0.15) is 50.6 Å². The summed E-state index contributed by atoms with van der Waals surface area (Å²) in [6.45, 7) is 2.03. The van der Waals surface area contributed by atoms with Crippen molar-refractivity contribution in [2.45, 2.75) is 50.3 Å². The fraction of sp³-hybridized carbons (Fsp3) is 0.562. The molecule has 0 radical (unpaired) electrons. The van der Waals surface area contributed by atoms with Gasteiger partial charge in [-0.05, 0) is 37.5 Å². The van der Waals surface area contributed by atoms with Gasteiger partial charge in [0.1, 0.15) is 0 Å². The number of halogens is 1. The molecule has 0 spiro atoms. The van der Waals surface area contributed by atoms with Gasteiger partial charge in [0.05, 0.1) is 11.8 Å². The van der Waals surface area contributed by atoms with Crippen molar-refractivity contribution in [3.8, 4) is 0 Å². The molecule has 1 fully saturated rings. The van der Waals surface area contributed by atoms with Crippen LogP contribution in [-0.4, -0.2) is 16.9 Å². The monoisotopic (exact) mass is 355 g/mol. The number of benzene rings is 1. The Hall–Kier alpha value is -0.480. The van der Waals surface area contributed by atoms with Crippen LogP contribution in [-0.2, 0) is 4.79 Å². The molecule has 1 atom stereocenters. The first-order chi connectivity index (χ1) is 9.65. The summed E-state index contributed by atoms with van der Waals surface area (Å²) in [7, 11) is 0. The lowest BCUT2D eigenvalue weighted by molar-refractivity contribution is -0.119. The van der Waals surface area contributed by atoms with Gasteiger partial charge in [0.2, 0.25) is 5.91 Å². The lowest BCUT2D eigenvalue weighted by atomic mass is 10.0. The molecule has 1 aliphatic rings. The van der Waals surface area contributed by atoms with Crippen LogP contribution in [0, 0.1) is 0 Å². The highest BCUT2D eigenvalue weighted by molar-refractivity contribution is 9.10. The summed E-state index contributed by atoms with van der Waals surface area (Å²) in [4.78, 5) is 12.0. The Labute approximate surface area is 134 Å². The Bertz CT molecular complexity index is 429. The Morgan fingerprint density at radius 1 is 1.30 bits per heavy atom. The molecule has 1 aliphatic carbocycles. The molecular weight excluding hydrogens is 334 g/mol. The Morgan fingerprint density at radius 3 is 2.60 bits per heavy atom. The van der Waals surface area contributed by atoms with E-state index in [1.807, 2.05) is 43.0 Å². The molecule has 1 saturated carbocycles. The molecule has 0 saturated heterocycles. The molecule has 0 aromatic heterocycles. The van der Waals surface area contributed by atoms with E-state index in [0.717, 1.165) is 10.0 Å². The van der Waals surface area contributed by atoms with Gasteiger partial charge in [-0.2, -0.15) is 0 Å². The van der Waals surface area contributed by atoms with Gasteiger partial charge in [0.15, 0.2) is 0 Å². The molecule has 20 heavy (non-hydrogen) atoms. The minimum atomic E-state index is 0.0718. The second-order valence-electron chi connectivity index (χ2n) is 5.41. The van der Waals surface area contributed by atoms with Crippen LogP contribution < -0.4 is 5.32 Å². The number of amides is 1. The van der Waals surface area contributed by atoms with E-state index >= 15 is 0 Å². The van der Waals surface area contributed by atoms with E-state index in [1.54, 1.807) is 0 Å². The van der Waals surface area contributed by atoms with E-state index in [9.17, 15) is 4.79 Å². The minimum absolute atomic E-state index is 0.0718. The lowest BCUT2D eigenvalue weighted by Gasteiger charge is -2.21. The summed E-state index contributed by atoms with van der Waals surface area (Å²) in [5.41, 5.74) is 1.14. The number of carbonyl (C=O) groups is 1. The first kappa shape index (κ1) is 15.9. The smallest absolute Gasteiger partial charge is 0.230 e. The predicted molar refractivity (Wildman–Crippen MR) is 90.0 cm³/mol. The maximum atomic E-state index is 12.0. The van der Waals surface area contributed by atoms with Crippen LogP contribution in [0.4, 0.5) is 0 Å². The molecule has 0 bridgehead atoms. The zero-order chi connectivity index (χ0) is 14.4. The van der Waals surface area contributed by atoms with E-state index in [1.165, 1.54) is 32.1 Å². The van der Waals surface area contributed by atoms with Crippen molar-refractivity contribution in [3.63, 3.8) is 0 Å². The van der Waals surface area contributed by atoms with Gasteiger partial charge in [0.25, 0.3) is 0 Å². The number of carbonyl (C=O) groups excluding carboxylic acids is 1. The number of nitrogens with one attached hydrogen (secondary N) is 1. The van der Waals surface area contributed by atoms with Crippen LogP contribution in [0.25, 0.3) is 0 Å². The van der Waals surface area contributed by atoms with Gasteiger partial charge >= 0.3 is 0 Å². The number of hydrogen-bond donors (Lipinski definition) is 1. The van der Waals surface area contributed by atoms with Gasteiger partial charge in [0, 0.05) is 9.72 Å². The van der Waals surface area contributed by atoms with Crippen molar-refractivity contribution in [3.05, 3.63) is 34.3 Å². The quantitative estimate of drug-likeness (QED) is 0.829. The van der Waals surface area contributed by atoms with E-state index in [4.69, 9.17) is 0 Å². The Morgan fingerprint density at radius 2 is 1.95 bits per heavy atom. The SMILES string of the molecule is C[C@@H](NC(=O)CSC1CCCCC1)c1ccc(Br)cc1. The zero-order valence-electron chi connectivity index (χ0n) is 11.9. The average Bonchev–Trinajstić information content (AvgIpc) is 2.47. The minimum Gasteiger partial charge on any atom is -0.349 e. The van der Waals surface area contributed by atoms with Gasteiger partial charge in [-0.25, -0.2) is 0 Å². The fourth-order valence-electron chi connectivity index (χ4n) is 2.54. The maximum Gasteiger partial charge on any atom is 0.230 e. The van der Waals surface area contributed by atoms with Gasteiger partial charge in [-0.15, -0.1) is 11.8 Å². The molecule has 4 heteroatoms. The van der Waals surface area contributed by atoms with Crippen LogP contribution >= 0.6 is 27.7 Å². The number of hydrogen-bond acceptors (Lipinski definition) is 2. The molecule has 2 nitrogen and oxygen atoms in total. The molecule has 0 aliphatic heterocycles. The van der Waals surface area contributed by atoms with Crippen LogP contribution in [0.2, 0.25) is 0 Å². The second-order valence-corrected chi connectivity index (χ2v) is 7.62. The van der Waals surface area contributed by atoms with E-state index < -0.39 is 0 Å². The molecule has 1 aromatic carbocycles. The Balaban J connectivity index is 1.74.